The Morgan fingerprint density at radius 2 is 2.26 bits per heavy atom. The average molecular weight is 262 g/mol. The van der Waals surface area contributed by atoms with Crippen LogP contribution >= 0.6 is 0 Å². The molecule has 0 bridgehead atoms. The number of aliphatic hydroxyl groups excluding tert-OH is 1. The molecule has 0 aromatic heterocycles. The number of nitrogens with one attached hydrogen (secondary N) is 1. The van der Waals surface area contributed by atoms with E-state index >= 15 is 0 Å². The molecule has 1 amide bonds. The van der Waals surface area contributed by atoms with E-state index in [1.54, 1.807) is 6.07 Å². The summed E-state index contributed by atoms with van der Waals surface area (Å²) in [5.74, 6) is -0.377. The number of amides is 1. The van der Waals surface area contributed by atoms with Crippen LogP contribution in [0.15, 0.2) is 18.2 Å². The molecule has 1 fully saturated rings. The van der Waals surface area contributed by atoms with E-state index in [9.17, 15) is 15.0 Å². The van der Waals surface area contributed by atoms with E-state index in [1.165, 1.54) is 0 Å². The quantitative estimate of drug-likeness (QED) is 0.706. The summed E-state index contributed by atoms with van der Waals surface area (Å²) in [5.41, 5.74) is 1.59. The van der Waals surface area contributed by atoms with Crippen molar-refractivity contribution in [2.45, 2.75) is 31.5 Å². The van der Waals surface area contributed by atoms with Crippen molar-refractivity contribution in [3.05, 3.63) is 23.8 Å². The van der Waals surface area contributed by atoms with Crippen LogP contribution in [0.2, 0.25) is 0 Å². The van der Waals surface area contributed by atoms with Crippen molar-refractivity contribution < 1.29 is 15.0 Å². The van der Waals surface area contributed by atoms with Gasteiger partial charge in [-0.05, 0) is 31.9 Å². The third-order valence-electron chi connectivity index (χ3n) is 3.88. The van der Waals surface area contributed by atoms with Crippen LogP contribution in [0.25, 0.3) is 0 Å². The van der Waals surface area contributed by atoms with Gasteiger partial charge in [0.1, 0.15) is 0 Å². The van der Waals surface area contributed by atoms with Gasteiger partial charge in [0, 0.05) is 30.0 Å². The maximum atomic E-state index is 11.4. The molecule has 2 atom stereocenters. The second-order valence-electron chi connectivity index (χ2n) is 5.69. The molecule has 2 aliphatic rings. The van der Waals surface area contributed by atoms with E-state index < -0.39 is 11.7 Å². The van der Waals surface area contributed by atoms with E-state index in [0.717, 1.165) is 25.1 Å². The molecule has 3 rings (SSSR count). The number of benzene rings is 1. The number of aliphatic hydroxyl groups is 2. The predicted octanol–water partition coefficient (Wildman–Crippen LogP) is 1.02. The Kier molecular flexibility index (Phi) is 2.76. The number of fused-ring (bicyclic) bond motifs is 1. The Balaban J connectivity index is 1.87. The fourth-order valence-corrected chi connectivity index (χ4v) is 2.87. The minimum absolute atomic E-state index is 0.377. The van der Waals surface area contributed by atoms with Crippen LogP contribution < -0.4 is 10.2 Å². The van der Waals surface area contributed by atoms with Crippen molar-refractivity contribution >= 4 is 17.3 Å². The molecular formula is C14H18N2O3. The van der Waals surface area contributed by atoms with Gasteiger partial charge in [0.05, 0.1) is 5.60 Å². The molecule has 0 saturated carbocycles. The Labute approximate surface area is 111 Å². The van der Waals surface area contributed by atoms with Crippen molar-refractivity contribution in [1.82, 2.24) is 0 Å². The zero-order valence-electron chi connectivity index (χ0n) is 10.9. The van der Waals surface area contributed by atoms with Gasteiger partial charge in [0.25, 0.3) is 5.91 Å². The molecule has 5 nitrogen and oxygen atoms in total. The van der Waals surface area contributed by atoms with Gasteiger partial charge in [0.2, 0.25) is 0 Å². The van der Waals surface area contributed by atoms with Crippen molar-refractivity contribution in [2.75, 3.05) is 23.3 Å². The molecule has 2 heterocycles. The normalized spacial score (nSPS) is 30.2. The SMILES string of the molecule is CC1(O)CCCN(c2ccc3c(c2)NC(=O)C3O)C1. The minimum atomic E-state index is -1.06. The Morgan fingerprint density at radius 3 is 3.00 bits per heavy atom. The standard InChI is InChI=1S/C14H18N2O3/c1-14(19)5-2-6-16(8-14)9-3-4-10-11(7-9)15-13(18)12(10)17/h3-4,7,12,17,19H,2,5-6,8H2,1H3,(H,15,18). The van der Waals surface area contributed by atoms with E-state index in [0.29, 0.717) is 17.8 Å². The summed E-state index contributed by atoms with van der Waals surface area (Å²) in [5, 5.41) is 22.5. The monoisotopic (exact) mass is 262 g/mol. The molecule has 3 N–H and O–H groups in total. The van der Waals surface area contributed by atoms with Gasteiger partial charge in [-0.2, -0.15) is 0 Å². The summed E-state index contributed by atoms with van der Waals surface area (Å²) in [6.07, 6.45) is 0.691. The van der Waals surface area contributed by atoms with Gasteiger partial charge >= 0.3 is 0 Å². The van der Waals surface area contributed by atoms with Crippen LogP contribution in [-0.4, -0.2) is 34.8 Å². The second kappa shape index (κ2) is 4.21. The number of rotatable bonds is 1. The van der Waals surface area contributed by atoms with E-state index in [1.807, 2.05) is 19.1 Å². The molecule has 102 valence electrons. The van der Waals surface area contributed by atoms with E-state index in [2.05, 4.69) is 10.2 Å². The molecule has 5 heteroatoms. The van der Waals surface area contributed by atoms with Crippen LogP contribution in [0, 0.1) is 0 Å². The molecule has 1 aromatic carbocycles. The van der Waals surface area contributed by atoms with Gasteiger partial charge < -0.3 is 20.4 Å². The highest BCUT2D eigenvalue weighted by molar-refractivity contribution is 6.02. The summed E-state index contributed by atoms with van der Waals surface area (Å²) in [6.45, 7) is 3.33. The van der Waals surface area contributed by atoms with Gasteiger partial charge in [-0.3, -0.25) is 4.79 Å². The first-order chi connectivity index (χ1) is 8.96. The number of hydrogen-bond acceptors (Lipinski definition) is 4. The third-order valence-corrected chi connectivity index (χ3v) is 3.88. The highest BCUT2D eigenvalue weighted by atomic mass is 16.3. The number of piperidine rings is 1. The van der Waals surface area contributed by atoms with Crippen LogP contribution in [0.1, 0.15) is 31.4 Å². The summed E-state index contributed by atoms with van der Waals surface area (Å²) in [7, 11) is 0. The Hall–Kier alpha value is -1.59. The first-order valence-electron chi connectivity index (χ1n) is 6.56. The lowest BCUT2D eigenvalue weighted by Gasteiger charge is -2.38. The van der Waals surface area contributed by atoms with Crippen molar-refractivity contribution in [1.29, 1.82) is 0 Å². The van der Waals surface area contributed by atoms with Crippen molar-refractivity contribution in [3.8, 4) is 0 Å². The molecule has 1 aromatic rings. The summed E-state index contributed by atoms with van der Waals surface area (Å²) >= 11 is 0. The third kappa shape index (κ3) is 2.19. The molecule has 2 unspecified atom stereocenters. The number of carbonyl (C=O) groups is 1. The fraction of sp³-hybridized carbons (Fsp3) is 0.500. The van der Waals surface area contributed by atoms with Crippen LogP contribution in [0.5, 0.6) is 0 Å². The molecule has 1 saturated heterocycles. The minimum Gasteiger partial charge on any atom is -0.388 e. The highest BCUT2D eigenvalue weighted by Gasteiger charge is 2.31. The van der Waals surface area contributed by atoms with Gasteiger partial charge in [0.15, 0.2) is 6.10 Å². The van der Waals surface area contributed by atoms with Crippen LogP contribution in [-0.2, 0) is 4.79 Å². The first kappa shape index (κ1) is 12.4. The number of anilines is 2. The number of carbonyl (C=O) groups excluding carboxylic acids is 1. The van der Waals surface area contributed by atoms with E-state index in [-0.39, 0.29) is 5.91 Å². The molecule has 0 aliphatic carbocycles. The maximum absolute atomic E-state index is 11.4. The van der Waals surface area contributed by atoms with Crippen molar-refractivity contribution in [2.24, 2.45) is 0 Å². The summed E-state index contributed by atoms with van der Waals surface area (Å²) in [4.78, 5) is 13.5. The fourth-order valence-electron chi connectivity index (χ4n) is 2.87. The summed E-state index contributed by atoms with van der Waals surface area (Å²) in [6, 6.07) is 5.53. The predicted molar refractivity (Wildman–Crippen MR) is 72.1 cm³/mol. The molecule has 2 aliphatic heterocycles. The van der Waals surface area contributed by atoms with Gasteiger partial charge in [-0.15, -0.1) is 0 Å². The maximum Gasteiger partial charge on any atom is 0.257 e. The molecule has 0 radical (unpaired) electrons. The zero-order chi connectivity index (χ0) is 13.6. The molecule has 0 spiro atoms. The number of hydrogen-bond donors (Lipinski definition) is 3. The lowest BCUT2D eigenvalue weighted by molar-refractivity contribution is -0.123. The number of nitrogens with zero attached hydrogens (tertiary/aromatic N) is 1. The van der Waals surface area contributed by atoms with Gasteiger partial charge in [-0.25, -0.2) is 0 Å². The van der Waals surface area contributed by atoms with E-state index in [4.69, 9.17) is 0 Å². The zero-order valence-corrected chi connectivity index (χ0v) is 10.9. The first-order valence-corrected chi connectivity index (χ1v) is 6.56. The van der Waals surface area contributed by atoms with Crippen LogP contribution in [0.4, 0.5) is 11.4 Å². The molecule has 19 heavy (non-hydrogen) atoms. The van der Waals surface area contributed by atoms with Gasteiger partial charge in [-0.1, -0.05) is 6.07 Å². The smallest absolute Gasteiger partial charge is 0.257 e. The summed E-state index contributed by atoms with van der Waals surface area (Å²) < 4.78 is 0. The highest BCUT2D eigenvalue weighted by Crippen LogP contribution is 2.35. The average Bonchev–Trinajstić information content (AvgIpc) is 2.63. The van der Waals surface area contributed by atoms with Crippen molar-refractivity contribution in [3.63, 3.8) is 0 Å². The largest absolute Gasteiger partial charge is 0.388 e. The lowest BCUT2D eigenvalue weighted by atomic mass is 9.94. The Bertz CT molecular complexity index is 527. The lowest BCUT2D eigenvalue weighted by Crippen LogP contribution is -2.46. The Morgan fingerprint density at radius 1 is 1.47 bits per heavy atom. The van der Waals surface area contributed by atoms with Crippen LogP contribution in [0.3, 0.4) is 0 Å². The molecular weight excluding hydrogens is 244 g/mol. The second-order valence-corrected chi connectivity index (χ2v) is 5.69. The topological polar surface area (TPSA) is 72.8 Å². The number of β-amino-alcohol motifs (C(OH)–C–C–N with tert-alkyl or cyclic N) is 1.